The smallest absolute Gasteiger partial charge is 0.261 e. The average molecular weight is 393 g/mol. The van der Waals surface area contributed by atoms with Crippen LogP contribution in [0.3, 0.4) is 0 Å². The highest BCUT2D eigenvalue weighted by molar-refractivity contribution is 7.92. The normalized spacial score (nSPS) is 14.7. The van der Waals surface area contributed by atoms with E-state index in [-0.39, 0.29) is 10.8 Å². The minimum Gasteiger partial charge on any atom is -0.342 e. The number of carbonyl (C=O) groups is 1. The van der Waals surface area contributed by atoms with Crippen LogP contribution < -0.4 is 4.72 Å². The number of rotatable bonds is 6. The van der Waals surface area contributed by atoms with E-state index in [1.54, 1.807) is 49.4 Å². The molecule has 7 heteroatoms. The summed E-state index contributed by atoms with van der Waals surface area (Å²) in [4.78, 5) is 13.7. The number of halogens is 1. The lowest BCUT2D eigenvalue weighted by molar-refractivity contribution is -0.127. The van der Waals surface area contributed by atoms with E-state index in [0.29, 0.717) is 23.7 Å². The van der Waals surface area contributed by atoms with Crippen molar-refractivity contribution >= 4 is 33.2 Å². The molecule has 1 saturated heterocycles. The van der Waals surface area contributed by atoms with Gasteiger partial charge in [0.15, 0.2) is 0 Å². The molecule has 2 aromatic carbocycles. The van der Waals surface area contributed by atoms with E-state index < -0.39 is 10.0 Å². The average Bonchev–Trinajstić information content (AvgIpc) is 3.01. The van der Waals surface area contributed by atoms with Crippen LogP contribution in [-0.2, 0) is 21.2 Å². The molecule has 1 amide bonds. The molecule has 1 N–H and O–H groups in total. The van der Waals surface area contributed by atoms with E-state index in [0.717, 1.165) is 30.5 Å². The lowest BCUT2D eigenvalue weighted by Crippen LogP contribution is -2.26. The quantitative estimate of drug-likeness (QED) is 0.816. The minimum atomic E-state index is -3.66. The zero-order valence-corrected chi connectivity index (χ0v) is 16.1. The third-order valence-corrected chi connectivity index (χ3v) is 6.12. The van der Waals surface area contributed by atoms with Crippen LogP contribution in [0, 0.1) is 6.92 Å². The molecule has 1 heterocycles. The Hall–Kier alpha value is -2.05. The lowest BCUT2D eigenvalue weighted by atomic mass is 10.1. The maximum atomic E-state index is 12.6. The van der Waals surface area contributed by atoms with E-state index in [4.69, 9.17) is 11.6 Å². The molecule has 5 nitrogen and oxygen atoms in total. The van der Waals surface area contributed by atoms with Crippen LogP contribution in [0.15, 0.2) is 47.4 Å². The number of anilines is 1. The molecule has 26 heavy (non-hydrogen) atoms. The van der Waals surface area contributed by atoms with Gasteiger partial charge in [-0.1, -0.05) is 23.7 Å². The molecule has 1 aliphatic rings. The van der Waals surface area contributed by atoms with Crippen LogP contribution in [0.2, 0.25) is 5.02 Å². The predicted molar refractivity (Wildman–Crippen MR) is 103 cm³/mol. The first kappa shape index (κ1) is 18.7. The Morgan fingerprint density at radius 1 is 1.15 bits per heavy atom. The van der Waals surface area contributed by atoms with E-state index in [9.17, 15) is 13.2 Å². The standard InChI is InChI=1S/C19H21ClN2O3S/c1-14-13-16(20)6-9-18(14)21-26(24,25)17-7-4-15(5-8-17)10-12-22-11-2-3-19(22)23/h4-9,13,21H,2-3,10-12H2,1H3. The highest BCUT2D eigenvalue weighted by Gasteiger charge is 2.20. The van der Waals surface area contributed by atoms with Gasteiger partial charge in [-0.2, -0.15) is 0 Å². The summed E-state index contributed by atoms with van der Waals surface area (Å²) < 4.78 is 27.7. The summed E-state index contributed by atoms with van der Waals surface area (Å²) in [5, 5.41) is 0.561. The molecule has 0 spiro atoms. The molecular formula is C19H21ClN2O3S. The van der Waals surface area contributed by atoms with Crippen molar-refractivity contribution in [3.05, 3.63) is 58.6 Å². The number of aryl methyl sites for hydroxylation is 1. The molecule has 0 bridgehead atoms. The Morgan fingerprint density at radius 2 is 1.88 bits per heavy atom. The highest BCUT2D eigenvalue weighted by atomic mass is 35.5. The second-order valence-corrected chi connectivity index (χ2v) is 8.56. The number of nitrogens with one attached hydrogen (secondary N) is 1. The third-order valence-electron chi connectivity index (χ3n) is 4.51. The van der Waals surface area contributed by atoms with E-state index in [1.807, 2.05) is 4.90 Å². The number of nitrogens with zero attached hydrogens (tertiary/aromatic N) is 1. The minimum absolute atomic E-state index is 0.201. The summed E-state index contributed by atoms with van der Waals surface area (Å²) in [5.41, 5.74) is 2.27. The van der Waals surface area contributed by atoms with Gasteiger partial charge in [0, 0.05) is 24.5 Å². The zero-order chi connectivity index (χ0) is 18.7. The Balaban J connectivity index is 1.67. The van der Waals surface area contributed by atoms with Gasteiger partial charge in [0.25, 0.3) is 10.0 Å². The second kappa shape index (κ2) is 7.68. The van der Waals surface area contributed by atoms with Crippen molar-refractivity contribution in [1.29, 1.82) is 0 Å². The van der Waals surface area contributed by atoms with Gasteiger partial charge in [-0.05, 0) is 61.2 Å². The van der Waals surface area contributed by atoms with Crippen molar-refractivity contribution in [2.75, 3.05) is 17.8 Å². The molecule has 0 aliphatic carbocycles. The van der Waals surface area contributed by atoms with Gasteiger partial charge in [-0.3, -0.25) is 9.52 Å². The monoisotopic (exact) mass is 392 g/mol. The number of sulfonamides is 1. The molecule has 3 rings (SSSR count). The van der Waals surface area contributed by atoms with Gasteiger partial charge in [0.2, 0.25) is 5.91 Å². The third kappa shape index (κ3) is 4.37. The fourth-order valence-electron chi connectivity index (χ4n) is 2.99. The number of amides is 1. The molecule has 1 fully saturated rings. The Labute approximate surface area is 159 Å². The van der Waals surface area contributed by atoms with Crippen molar-refractivity contribution in [2.45, 2.75) is 31.1 Å². The van der Waals surface area contributed by atoms with Crippen molar-refractivity contribution < 1.29 is 13.2 Å². The maximum Gasteiger partial charge on any atom is 0.261 e. The predicted octanol–water partition coefficient (Wildman–Crippen LogP) is 3.61. The molecular weight excluding hydrogens is 372 g/mol. The van der Waals surface area contributed by atoms with E-state index in [1.165, 1.54) is 0 Å². The van der Waals surface area contributed by atoms with Gasteiger partial charge in [0.05, 0.1) is 10.6 Å². The Bertz CT molecular complexity index is 911. The van der Waals surface area contributed by atoms with Crippen molar-refractivity contribution in [3.63, 3.8) is 0 Å². The second-order valence-electron chi connectivity index (χ2n) is 6.44. The summed E-state index contributed by atoms with van der Waals surface area (Å²) in [5.74, 6) is 0.201. The van der Waals surface area contributed by atoms with Crippen LogP contribution in [0.4, 0.5) is 5.69 Å². The number of benzene rings is 2. The molecule has 1 aliphatic heterocycles. The summed E-state index contributed by atoms with van der Waals surface area (Å²) in [6, 6.07) is 11.8. The molecule has 0 saturated carbocycles. The molecule has 0 atom stereocenters. The summed E-state index contributed by atoms with van der Waals surface area (Å²) in [7, 11) is -3.66. The Morgan fingerprint density at radius 3 is 2.50 bits per heavy atom. The van der Waals surface area contributed by atoms with Crippen molar-refractivity contribution in [2.24, 2.45) is 0 Å². The fraction of sp³-hybridized carbons (Fsp3) is 0.316. The first-order chi connectivity index (χ1) is 12.3. The molecule has 2 aromatic rings. The first-order valence-electron chi connectivity index (χ1n) is 8.51. The van der Waals surface area contributed by atoms with Crippen LogP contribution in [0.5, 0.6) is 0 Å². The first-order valence-corrected chi connectivity index (χ1v) is 10.4. The van der Waals surface area contributed by atoms with Crippen molar-refractivity contribution in [3.8, 4) is 0 Å². The number of hydrogen-bond acceptors (Lipinski definition) is 3. The summed E-state index contributed by atoms with van der Waals surface area (Å²) in [6.07, 6.45) is 2.27. The summed E-state index contributed by atoms with van der Waals surface area (Å²) >= 11 is 5.91. The van der Waals surface area contributed by atoms with Gasteiger partial charge in [-0.25, -0.2) is 8.42 Å². The maximum absolute atomic E-state index is 12.6. The van der Waals surface area contributed by atoms with Crippen LogP contribution in [-0.4, -0.2) is 32.3 Å². The number of carbonyl (C=O) groups excluding carboxylic acids is 1. The van der Waals surface area contributed by atoms with E-state index in [2.05, 4.69) is 4.72 Å². The number of likely N-dealkylation sites (tertiary alicyclic amines) is 1. The SMILES string of the molecule is Cc1cc(Cl)ccc1NS(=O)(=O)c1ccc(CCN2CCCC2=O)cc1. The van der Waals surface area contributed by atoms with Crippen LogP contribution in [0.1, 0.15) is 24.0 Å². The molecule has 0 unspecified atom stereocenters. The number of hydrogen-bond donors (Lipinski definition) is 1. The topological polar surface area (TPSA) is 66.5 Å². The van der Waals surface area contributed by atoms with Gasteiger partial charge >= 0.3 is 0 Å². The molecule has 138 valence electrons. The summed E-state index contributed by atoms with van der Waals surface area (Å²) in [6.45, 7) is 3.29. The van der Waals surface area contributed by atoms with Crippen LogP contribution >= 0.6 is 11.6 Å². The van der Waals surface area contributed by atoms with Crippen molar-refractivity contribution in [1.82, 2.24) is 4.90 Å². The van der Waals surface area contributed by atoms with Crippen LogP contribution in [0.25, 0.3) is 0 Å². The Kier molecular flexibility index (Phi) is 5.53. The van der Waals surface area contributed by atoms with Gasteiger partial charge in [0.1, 0.15) is 0 Å². The molecule has 0 radical (unpaired) electrons. The largest absolute Gasteiger partial charge is 0.342 e. The lowest BCUT2D eigenvalue weighted by Gasteiger charge is -2.15. The fourth-order valence-corrected chi connectivity index (χ4v) is 4.34. The highest BCUT2D eigenvalue weighted by Crippen LogP contribution is 2.23. The van der Waals surface area contributed by atoms with E-state index >= 15 is 0 Å². The molecule has 0 aromatic heterocycles. The zero-order valence-electron chi connectivity index (χ0n) is 14.5. The van der Waals surface area contributed by atoms with Gasteiger partial charge < -0.3 is 4.90 Å². The van der Waals surface area contributed by atoms with Gasteiger partial charge in [-0.15, -0.1) is 0 Å².